The zero-order chi connectivity index (χ0) is 29.5. The molecule has 0 unspecified atom stereocenters. The molecule has 1 heterocycles. The summed E-state index contributed by atoms with van der Waals surface area (Å²) in [6.45, 7) is 0.0439. The SMILES string of the molecule is Cc1nc(N=Nc2cc(S(=O)(=O)[O-])c3cc([N+](=O)[O-])cc(S(=O)(=O)[O-])c3c2)c(COP(=O)([O-])[O-])c(C=O)c1O. The monoisotopic (exact) mass is 602 g/mol. The second-order valence-electron chi connectivity index (χ2n) is 7.45. The summed E-state index contributed by atoms with van der Waals surface area (Å²) in [6, 6.07) is 2.17. The number of phosphoric ester groups is 1. The fraction of sp³-hybridized carbons (Fsp3) is 0.111. The van der Waals surface area contributed by atoms with Crippen molar-refractivity contribution < 1.29 is 59.6 Å². The Morgan fingerprint density at radius 1 is 1.05 bits per heavy atom. The number of nitro benzene ring substituents is 1. The first-order chi connectivity index (χ1) is 17.8. The summed E-state index contributed by atoms with van der Waals surface area (Å²) in [5.74, 6) is -1.36. The molecule has 2 aromatic carbocycles. The molecule has 3 aromatic rings. The number of aromatic hydroxyl groups is 1. The van der Waals surface area contributed by atoms with Gasteiger partial charge >= 0.3 is 0 Å². The number of non-ortho nitro benzene ring substituents is 1. The van der Waals surface area contributed by atoms with Gasteiger partial charge in [0.2, 0.25) is 0 Å². The first-order valence-corrected chi connectivity index (χ1v) is 14.0. The van der Waals surface area contributed by atoms with Crippen LogP contribution in [0.3, 0.4) is 0 Å². The lowest BCUT2D eigenvalue weighted by Crippen LogP contribution is -2.16. The maximum absolute atomic E-state index is 11.9. The van der Waals surface area contributed by atoms with Gasteiger partial charge in [-0.05, 0) is 19.1 Å². The van der Waals surface area contributed by atoms with Crippen molar-refractivity contribution in [3.63, 3.8) is 0 Å². The van der Waals surface area contributed by atoms with Gasteiger partial charge in [-0.3, -0.25) is 14.9 Å². The first kappa shape index (κ1) is 29.8. The fourth-order valence-corrected chi connectivity index (χ4v) is 4.98. The van der Waals surface area contributed by atoms with Crippen LogP contribution < -0.4 is 9.79 Å². The van der Waals surface area contributed by atoms with Gasteiger partial charge in [0.1, 0.15) is 26.0 Å². The van der Waals surface area contributed by atoms with E-state index in [0.717, 1.165) is 6.07 Å². The second kappa shape index (κ2) is 10.4. The number of nitrogens with zero attached hydrogens (tertiary/aromatic N) is 4. The number of rotatable bonds is 9. The molecule has 0 saturated carbocycles. The number of phosphoric acid groups is 1. The first-order valence-electron chi connectivity index (χ1n) is 9.77. The summed E-state index contributed by atoms with van der Waals surface area (Å²) in [5.41, 5.74) is -3.03. The van der Waals surface area contributed by atoms with Crippen molar-refractivity contribution in [2.75, 3.05) is 0 Å². The van der Waals surface area contributed by atoms with Crippen molar-refractivity contribution in [2.45, 2.75) is 23.3 Å². The molecule has 18 nitrogen and oxygen atoms in total. The van der Waals surface area contributed by atoms with E-state index in [2.05, 4.69) is 19.7 Å². The van der Waals surface area contributed by atoms with Crippen LogP contribution in [0.1, 0.15) is 21.6 Å². The molecule has 0 aliphatic rings. The van der Waals surface area contributed by atoms with Crippen LogP contribution in [-0.4, -0.2) is 47.2 Å². The highest BCUT2D eigenvalue weighted by Crippen LogP contribution is 2.38. The van der Waals surface area contributed by atoms with E-state index in [1.54, 1.807) is 0 Å². The number of hydrogen-bond donors (Lipinski definition) is 1. The van der Waals surface area contributed by atoms with Gasteiger partial charge in [0.25, 0.3) is 5.69 Å². The minimum Gasteiger partial charge on any atom is -0.790 e. The van der Waals surface area contributed by atoms with E-state index < -0.39 is 94.2 Å². The number of fused-ring (bicyclic) bond motifs is 1. The Labute approximate surface area is 217 Å². The van der Waals surface area contributed by atoms with Crippen molar-refractivity contribution in [1.29, 1.82) is 0 Å². The number of hydrogen-bond acceptors (Lipinski definition) is 17. The highest BCUT2D eigenvalue weighted by molar-refractivity contribution is 7.86. The Bertz CT molecular complexity index is 1830. The largest absolute Gasteiger partial charge is 0.790 e. The van der Waals surface area contributed by atoms with E-state index in [9.17, 15) is 60.3 Å². The van der Waals surface area contributed by atoms with Crippen molar-refractivity contribution >= 4 is 62.3 Å². The van der Waals surface area contributed by atoms with Crippen LogP contribution in [0.2, 0.25) is 0 Å². The molecule has 0 amide bonds. The van der Waals surface area contributed by atoms with Gasteiger partial charge in [-0.2, -0.15) is 0 Å². The summed E-state index contributed by atoms with van der Waals surface area (Å²) in [5, 5.41) is 26.9. The van der Waals surface area contributed by atoms with Crippen LogP contribution in [0, 0.1) is 17.0 Å². The quantitative estimate of drug-likeness (QED) is 0.0872. The summed E-state index contributed by atoms with van der Waals surface area (Å²) in [6.07, 6.45) is 0.0542. The molecule has 1 N–H and O–H groups in total. The number of aryl methyl sites for hydroxylation is 1. The number of azo groups is 1. The molecule has 39 heavy (non-hydrogen) atoms. The number of carbonyl (C=O) groups excluding carboxylic acids is 1. The predicted molar refractivity (Wildman–Crippen MR) is 119 cm³/mol. The predicted octanol–water partition coefficient (Wildman–Crippen LogP) is 0.538. The topological polar surface area (TPSA) is 305 Å². The third kappa shape index (κ3) is 6.64. The van der Waals surface area contributed by atoms with Crippen LogP contribution >= 0.6 is 7.82 Å². The molecule has 1 aromatic heterocycles. The molecule has 0 fully saturated rings. The lowest BCUT2D eigenvalue weighted by molar-refractivity contribution is -0.385. The molecule has 3 rings (SSSR count). The highest BCUT2D eigenvalue weighted by atomic mass is 32.2. The number of benzene rings is 2. The van der Waals surface area contributed by atoms with Crippen molar-refractivity contribution in [1.82, 2.24) is 4.98 Å². The van der Waals surface area contributed by atoms with Gasteiger partial charge in [0, 0.05) is 28.5 Å². The van der Waals surface area contributed by atoms with Gasteiger partial charge < -0.3 is 33.1 Å². The van der Waals surface area contributed by atoms with Gasteiger partial charge in [0.05, 0.1) is 46.1 Å². The standard InChI is InChI=1S/C18H15N4O14PS2/c1-8-17(24)13(6-23)14(7-36-37(27,28)29)18(19-8)21-20-9-2-11-12(15(3-9)38(30,31)32)4-10(22(25)26)5-16(11)39(33,34)35/h2-6,24H,7H2,1H3,(H2,27,28,29)(H,30,31,32)(H,33,34,35)/p-4. The van der Waals surface area contributed by atoms with Crippen LogP contribution in [0.5, 0.6) is 5.75 Å². The molecule has 208 valence electrons. The van der Waals surface area contributed by atoms with Crippen LogP contribution in [0.15, 0.2) is 44.3 Å². The van der Waals surface area contributed by atoms with E-state index >= 15 is 0 Å². The van der Waals surface area contributed by atoms with E-state index in [1.807, 2.05) is 0 Å². The Balaban J connectivity index is 2.34. The molecule has 21 heteroatoms. The summed E-state index contributed by atoms with van der Waals surface area (Å²) >= 11 is 0. The average Bonchev–Trinajstić information content (AvgIpc) is 2.80. The Hall–Kier alpha value is -3.75. The summed E-state index contributed by atoms with van der Waals surface area (Å²) < 4.78 is 86.1. The number of pyridine rings is 1. The molecule has 0 saturated heterocycles. The molecule has 0 atom stereocenters. The van der Waals surface area contributed by atoms with Crippen molar-refractivity contribution in [3.8, 4) is 5.75 Å². The van der Waals surface area contributed by atoms with Crippen molar-refractivity contribution in [3.05, 3.63) is 51.2 Å². The molecule has 0 spiro atoms. The lowest BCUT2D eigenvalue weighted by Gasteiger charge is -2.28. The molecule has 0 aliphatic heterocycles. The van der Waals surface area contributed by atoms with Gasteiger partial charge in [0.15, 0.2) is 12.1 Å². The van der Waals surface area contributed by atoms with Crippen molar-refractivity contribution in [2.24, 2.45) is 10.2 Å². The normalized spacial score (nSPS) is 12.7. The fourth-order valence-electron chi connectivity index (χ4n) is 3.28. The maximum atomic E-state index is 11.9. The zero-order valence-electron chi connectivity index (χ0n) is 18.9. The highest BCUT2D eigenvalue weighted by Gasteiger charge is 2.22. The number of carbonyl (C=O) groups is 1. The van der Waals surface area contributed by atoms with E-state index in [4.69, 9.17) is 0 Å². The minimum atomic E-state index is -5.60. The molecule has 0 bridgehead atoms. The third-order valence-electron chi connectivity index (χ3n) is 4.92. The molecule has 0 radical (unpaired) electrons. The second-order valence-corrected chi connectivity index (χ2v) is 11.3. The average molecular weight is 602 g/mol. The molecular weight excluding hydrogens is 591 g/mol. The third-order valence-corrected chi connectivity index (χ3v) is 7.12. The number of aldehydes is 1. The van der Waals surface area contributed by atoms with Gasteiger partial charge in [-0.25, -0.2) is 21.8 Å². The molecule has 0 aliphatic carbocycles. The van der Waals surface area contributed by atoms with E-state index in [0.29, 0.717) is 18.2 Å². The van der Waals surface area contributed by atoms with Gasteiger partial charge in [-0.1, -0.05) is 0 Å². The van der Waals surface area contributed by atoms with Crippen LogP contribution in [-0.2, 0) is 35.9 Å². The number of aromatic nitrogens is 1. The Kier molecular flexibility index (Phi) is 7.97. The van der Waals surface area contributed by atoms with E-state index in [-0.39, 0.29) is 12.0 Å². The number of nitro groups is 1. The summed E-state index contributed by atoms with van der Waals surface area (Å²) in [7, 11) is -16.6. The van der Waals surface area contributed by atoms with Crippen LogP contribution in [0.25, 0.3) is 10.8 Å². The Morgan fingerprint density at radius 3 is 2.13 bits per heavy atom. The lowest BCUT2D eigenvalue weighted by atomic mass is 10.1. The maximum Gasteiger partial charge on any atom is 0.271 e. The summed E-state index contributed by atoms with van der Waals surface area (Å²) in [4.78, 5) is 44.7. The smallest absolute Gasteiger partial charge is 0.271 e. The van der Waals surface area contributed by atoms with Gasteiger partial charge in [-0.15, -0.1) is 10.2 Å². The van der Waals surface area contributed by atoms with E-state index in [1.165, 1.54) is 6.92 Å². The molecular formula is C18H11N4O14PS2-4. The zero-order valence-corrected chi connectivity index (χ0v) is 21.4. The minimum absolute atomic E-state index is 0.0542. The van der Waals surface area contributed by atoms with Crippen LogP contribution in [0.4, 0.5) is 17.2 Å². The Morgan fingerprint density at radius 2 is 1.62 bits per heavy atom.